The number of ether oxygens (including phenoxy) is 2. The number of nitrogens with one attached hydrogen (secondary N) is 1. The molecule has 2 aromatic carbocycles. The van der Waals surface area contributed by atoms with Crippen LogP contribution in [0.2, 0.25) is 5.02 Å². The van der Waals surface area contributed by atoms with Gasteiger partial charge in [0.1, 0.15) is 17.1 Å². The summed E-state index contributed by atoms with van der Waals surface area (Å²) in [6, 6.07) is 10.8. The summed E-state index contributed by atoms with van der Waals surface area (Å²) in [4.78, 5) is 31.2. The summed E-state index contributed by atoms with van der Waals surface area (Å²) in [5.74, 6) is -0.779. The number of sulfonamides is 1. The largest absolute Gasteiger partial charge is 0.524 e. The van der Waals surface area contributed by atoms with Gasteiger partial charge in [-0.2, -0.15) is 0 Å². The van der Waals surface area contributed by atoms with Gasteiger partial charge in [0.15, 0.2) is 0 Å². The maximum absolute atomic E-state index is 15.2. The van der Waals surface area contributed by atoms with Crippen molar-refractivity contribution in [1.82, 2.24) is 9.62 Å². The molecule has 1 N–H and O–H groups in total. The van der Waals surface area contributed by atoms with Crippen LogP contribution in [0.1, 0.15) is 116 Å². The van der Waals surface area contributed by atoms with Crippen molar-refractivity contribution in [2.24, 2.45) is 5.92 Å². The number of halogens is 2. The first-order chi connectivity index (χ1) is 26.5. The number of benzene rings is 2. The van der Waals surface area contributed by atoms with Crippen LogP contribution in [0, 0.1) is 5.92 Å². The Hall–Kier alpha value is -3.33. The Balaban J connectivity index is 1.24. The van der Waals surface area contributed by atoms with Crippen molar-refractivity contribution in [3.8, 4) is 5.75 Å². The Labute approximate surface area is 343 Å². The zero-order valence-electron chi connectivity index (χ0n) is 34.7. The van der Waals surface area contributed by atoms with Gasteiger partial charge in [-0.15, -0.1) is 0 Å². The van der Waals surface area contributed by atoms with E-state index in [2.05, 4.69) is 15.7 Å². The minimum Gasteiger partial charge on any atom is -0.490 e. The van der Waals surface area contributed by atoms with Gasteiger partial charge in [-0.1, -0.05) is 30.7 Å². The number of carbonyl (C=O) groups excluding carboxylic acids is 2. The van der Waals surface area contributed by atoms with Crippen LogP contribution in [-0.2, 0) is 35.9 Å². The molecule has 312 valence electrons. The van der Waals surface area contributed by atoms with E-state index in [0.29, 0.717) is 42.7 Å². The maximum Gasteiger partial charge on any atom is 0.524 e. The van der Waals surface area contributed by atoms with E-state index in [1.54, 1.807) is 30.0 Å². The quantitative estimate of drug-likeness (QED) is 0.250. The first-order valence-electron chi connectivity index (χ1n) is 20.1. The summed E-state index contributed by atoms with van der Waals surface area (Å²) >= 11 is 6.44. The molecule has 0 unspecified atom stereocenters. The smallest absolute Gasteiger partial charge is 0.490 e. The first kappa shape index (κ1) is 43.3. The number of rotatable bonds is 9. The average molecular weight is 830 g/mol. The lowest BCUT2D eigenvalue weighted by Gasteiger charge is -2.42. The molecule has 2 fully saturated rings. The third kappa shape index (κ3) is 9.29. The second kappa shape index (κ2) is 16.0. The van der Waals surface area contributed by atoms with Crippen molar-refractivity contribution in [2.75, 3.05) is 31.1 Å². The Morgan fingerprint density at radius 2 is 1.79 bits per heavy atom. The fourth-order valence-corrected chi connectivity index (χ4v) is 9.70. The first-order valence-corrected chi connectivity index (χ1v) is 22.0. The van der Waals surface area contributed by atoms with Gasteiger partial charge in [-0.3, -0.25) is 4.79 Å². The van der Waals surface area contributed by atoms with Gasteiger partial charge < -0.3 is 28.6 Å². The Morgan fingerprint density at radius 3 is 2.47 bits per heavy atom. The highest BCUT2D eigenvalue weighted by atomic mass is 35.5. The lowest BCUT2D eigenvalue weighted by Crippen LogP contribution is -2.50. The van der Waals surface area contributed by atoms with Crippen LogP contribution in [-0.4, -0.2) is 86.8 Å². The molecule has 0 aromatic heterocycles. The van der Waals surface area contributed by atoms with Crippen LogP contribution in [0.4, 0.5) is 14.9 Å². The van der Waals surface area contributed by atoms with Crippen molar-refractivity contribution >= 4 is 46.4 Å². The zero-order valence-corrected chi connectivity index (χ0v) is 36.3. The molecule has 0 bridgehead atoms. The van der Waals surface area contributed by atoms with E-state index in [-0.39, 0.29) is 24.1 Å². The summed E-state index contributed by atoms with van der Waals surface area (Å²) in [6.45, 7) is 18.0. The number of hydrogen-bond acceptors (Lipinski definition) is 9. The number of allylic oxidation sites excluding steroid dienone is 1. The lowest BCUT2D eigenvalue weighted by atomic mass is 9.70. The molecule has 2 aromatic rings. The Bertz CT molecular complexity index is 1990. The van der Waals surface area contributed by atoms with Gasteiger partial charge >= 0.3 is 13.2 Å². The predicted molar refractivity (Wildman–Crippen MR) is 221 cm³/mol. The highest BCUT2D eigenvalue weighted by Crippen LogP contribution is 2.45. The molecule has 15 heteroatoms. The normalized spacial score (nSPS) is 24.3. The molecular formula is C42H58BClFN3O8S. The van der Waals surface area contributed by atoms with E-state index in [1.807, 2.05) is 60.6 Å². The number of anilines is 1. The number of carbonyl (C=O) groups is 2. The molecule has 57 heavy (non-hydrogen) atoms. The van der Waals surface area contributed by atoms with Crippen molar-refractivity contribution in [3.05, 3.63) is 69.9 Å². The number of aryl methyl sites for hydroxylation is 1. The minimum absolute atomic E-state index is 0.0793. The van der Waals surface area contributed by atoms with Gasteiger partial charge in [0, 0.05) is 35.6 Å². The van der Waals surface area contributed by atoms with E-state index in [9.17, 15) is 18.0 Å². The molecule has 3 aliphatic heterocycles. The van der Waals surface area contributed by atoms with Crippen molar-refractivity contribution in [1.29, 1.82) is 0 Å². The fourth-order valence-electron chi connectivity index (χ4n) is 8.23. The van der Waals surface area contributed by atoms with E-state index >= 15 is 4.39 Å². The minimum atomic E-state index is -4.19. The molecule has 2 amide bonds. The summed E-state index contributed by atoms with van der Waals surface area (Å²) in [6.07, 6.45) is 5.32. The molecule has 11 nitrogen and oxygen atoms in total. The summed E-state index contributed by atoms with van der Waals surface area (Å²) in [5.41, 5.74) is 0.0112. The molecule has 4 aliphatic rings. The second-order valence-corrected chi connectivity index (χ2v) is 20.8. The third-order valence-corrected chi connectivity index (χ3v) is 14.6. The monoisotopic (exact) mass is 829 g/mol. The number of amides is 2. The maximum atomic E-state index is 15.2. The molecule has 1 aliphatic carbocycles. The van der Waals surface area contributed by atoms with E-state index < -0.39 is 62.2 Å². The number of hydrogen-bond donors (Lipinski definition) is 1. The van der Waals surface area contributed by atoms with Crippen molar-refractivity contribution in [2.45, 2.75) is 134 Å². The second-order valence-electron chi connectivity index (χ2n) is 18.3. The summed E-state index contributed by atoms with van der Waals surface area (Å²) in [7, 11) is -5.37. The predicted octanol–water partition coefficient (Wildman–Crippen LogP) is 8.17. The number of nitrogens with zero attached hydrogens (tertiary/aromatic N) is 2. The van der Waals surface area contributed by atoms with Crippen LogP contribution in [0.15, 0.2) is 48.2 Å². The Morgan fingerprint density at radius 1 is 1.09 bits per heavy atom. The molecule has 2 saturated heterocycles. The van der Waals surface area contributed by atoms with Crippen LogP contribution in [0.5, 0.6) is 5.75 Å². The van der Waals surface area contributed by atoms with Gasteiger partial charge in [-0.05, 0) is 141 Å². The van der Waals surface area contributed by atoms with Crippen LogP contribution in [0.3, 0.4) is 0 Å². The summed E-state index contributed by atoms with van der Waals surface area (Å²) in [5, 5.41) is -0.357. The van der Waals surface area contributed by atoms with Crippen LogP contribution >= 0.6 is 11.6 Å². The standard InChI is InChI=1S/C42H58BClFN3O8S/c1-27(14-19-36(45)43-55-40(6,7)41(8,9)56-43)28(2)57(51,52)46-37(49)30-15-18-35-34(23-30)47(24-32-13-11-21-48(32)38(50)54-39(3,4)5)25-42(26-53-35)20-10-12-29-22-31(44)16-17-33(29)42/h15-19,22-23,27-28,32H,10-14,20-21,24-26H2,1-9H3,(H,46,49)/b36-19-/t27-,28+,32-,42-/m0/s1. The molecule has 0 radical (unpaired) electrons. The third-order valence-electron chi connectivity index (χ3n) is 12.4. The molecule has 4 atom stereocenters. The van der Waals surface area contributed by atoms with Gasteiger partial charge in [0.05, 0.1) is 34.8 Å². The zero-order chi connectivity index (χ0) is 41.7. The van der Waals surface area contributed by atoms with E-state index in [4.69, 9.17) is 30.4 Å². The van der Waals surface area contributed by atoms with E-state index in [1.165, 1.54) is 24.1 Å². The molecule has 6 rings (SSSR count). The van der Waals surface area contributed by atoms with Crippen molar-refractivity contribution in [3.63, 3.8) is 0 Å². The van der Waals surface area contributed by atoms with Gasteiger partial charge in [-0.25, -0.2) is 22.3 Å². The topological polar surface area (TPSA) is 124 Å². The van der Waals surface area contributed by atoms with E-state index in [0.717, 1.165) is 32.1 Å². The lowest BCUT2D eigenvalue weighted by molar-refractivity contribution is 0.00578. The number of fused-ring (bicyclic) bond motifs is 3. The van der Waals surface area contributed by atoms with Crippen LogP contribution in [0.25, 0.3) is 0 Å². The number of likely N-dealkylation sites (tertiary alicyclic amines) is 1. The average Bonchev–Trinajstić information content (AvgIpc) is 3.63. The highest BCUT2D eigenvalue weighted by Gasteiger charge is 2.53. The SMILES string of the molecule is C[C@H]([C@@H](C)C/C=C(\F)B1OC(C)(C)C(C)(C)O1)S(=O)(=O)NC(=O)c1ccc2c(c1)N(C[C@@H]1CCCN1C(=O)OC(C)(C)C)C[C@@]1(CCCc3cc(Cl)ccc31)CO2. The highest BCUT2D eigenvalue weighted by molar-refractivity contribution is 7.90. The molecule has 3 heterocycles. The fraction of sp³-hybridized carbons (Fsp3) is 0.619. The molecule has 1 spiro atoms. The molecule has 0 saturated carbocycles. The summed E-state index contributed by atoms with van der Waals surface area (Å²) < 4.78 is 68.6. The van der Waals surface area contributed by atoms with Gasteiger partial charge in [0.25, 0.3) is 5.91 Å². The molecular weight excluding hydrogens is 772 g/mol. The Kier molecular flexibility index (Phi) is 12.2. The van der Waals surface area contributed by atoms with Crippen molar-refractivity contribution < 1.29 is 41.2 Å². The van der Waals surface area contributed by atoms with Crippen LogP contribution < -0.4 is 14.4 Å². The van der Waals surface area contributed by atoms with Gasteiger partial charge in [0.2, 0.25) is 10.0 Å².